The van der Waals surface area contributed by atoms with Crippen LogP contribution in [0, 0.1) is 0 Å². The largest absolute Gasteiger partial charge is 0.457 e. The number of nitrogens with zero attached hydrogens (tertiary/aromatic N) is 3. The summed E-state index contributed by atoms with van der Waals surface area (Å²) in [7, 11) is 0. The normalized spacial score (nSPS) is 10.8. The quantitative estimate of drug-likeness (QED) is 0.631. The summed E-state index contributed by atoms with van der Waals surface area (Å²) in [6, 6.07) is 16.4. The van der Waals surface area contributed by atoms with Gasteiger partial charge >= 0.3 is 0 Å². The zero-order chi connectivity index (χ0) is 15.6. The van der Waals surface area contributed by atoms with Crippen molar-refractivity contribution in [3.8, 4) is 17.4 Å². The standard InChI is InChI=1S/C17H12N4O2/c22-16-14-8-7-13(23-12-5-2-1-3-6-12)11-15(14)19-17(20-16)21-10-4-9-18-21/h1-11H,(H,19,20,22). The third-order valence-corrected chi connectivity index (χ3v) is 3.37. The van der Waals surface area contributed by atoms with Gasteiger partial charge < -0.3 is 4.74 Å². The van der Waals surface area contributed by atoms with Crippen molar-refractivity contribution in [2.75, 3.05) is 0 Å². The van der Waals surface area contributed by atoms with Gasteiger partial charge in [0.1, 0.15) is 11.5 Å². The molecule has 0 saturated heterocycles. The molecule has 112 valence electrons. The molecule has 0 bridgehead atoms. The van der Waals surface area contributed by atoms with Crippen molar-refractivity contribution in [3.63, 3.8) is 0 Å². The van der Waals surface area contributed by atoms with Crippen molar-refractivity contribution in [2.24, 2.45) is 0 Å². The predicted octanol–water partition coefficient (Wildman–Crippen LogP) is 2.90. The summed E-state index contributed by atoms with van der Waals surface area (Å²) in [6.45, 7) is 0. The predicted molar refractivity (Wildman–Crippen MR) is 86.0 cm³/mol. The molecule has 23 heavy (non-hydrogen) atoms. The molecule has 2 aromatic heterocycles. The molecule has 6 heteroatoms. The number of fused-ring (bicyclic) bond motifs is 1. The Morgan fingerprint density at radius 2 is 1.87 bits per heavy atom. The number of H-pyrrole nitrogens is 1. The Morgan fingerprint density at radius 3 is 2.65 bits per heavy atom. The summed E-state index contributed by atoms with van der Waals surface area (Å²) >= 11 is 0. The van der Waals surface area contributed by atoms with E-state index in [4.69, 9.17) is 4.74 Å². The minimum atomic E-state index is -0.216. The van der Waals surface area contributed by atoms with Crippen LogP contribution in [0.1, 0.15) is 0 Å². The summed E-state index contributed by atoms with van der Waals surface area (Å²) in [4.78, 5) is 19.3. The Balaban J connectivity index is 1.79. The highest BCUT2D eigenvalue weighted by Crippen LogP contribution is 2.23. The zero-order valence-corrected chi connectivity index (χ0v) is 12.0. The molecule has 1 N–H and O–H groups in total. The molecule has 0 amide bonds. The Labute approximate surface area is 131 Å². The van der Waals surface area contributed by atoms with Gasteiger partial charge in [0.15, 0.2) is 0 Å². The molecule has 4 rings (SSSR count). The van der Waals surface area contributed by atoms with Gasteiger partial charge in [-0.2, -0.15) is 5.10 Å². The molecule has 4 aromatic rings. The van der Waals surface area contributed by atoms with E-state index in [0.29, 0.717) is 22.6 Å². The van der Waals surface area contributed by atoms with Crippen LogP contribution in [0.2, 0.25) is 0 Å². The van der Waals surface area contributed by atoms with E-state index < -0.39 is 0 Å². The summed E-state index contributed by atoms with van der Waals surface area (Å²) in [6.07, 6.45) is 3.34. The average Bonchev–Trinajstić information content (AvgIpc) is 3.10. The maximum absolute atomic E-state index is 12.2. The van der Waals surface area contributed by atoms with Gasteiger partial charge in [-0.15, -0.1) is 0 Å². The highest BCUT2D eigenvalue weighted by atomic mass is 16.5. The highest BCUT2D eigenvalue weighted by molar-refractivity contribution is 5.79. The fraction of sp³-hybridized carbons (Fsp3) is 0. The van der Waals surface area contributed by atoms with Crippen molar-refractivity contribution < 1.29 is 4.74 Å². The Hall–Kier alpha value is -3.41. The summed E-state index contributed by atoms with van der Waals surface area (Å²) < 4.78 is 7.29. The molecule has 0 fully saturated rings. The first-order valence-electron chi connectivity index (χ1n) is 7.06. The lowest BCUT2D eigenvalue weighted by atomic mass is 10.2. The molecule has 0 unspecified atom stereocenters. The maximum Gasteiger partial charge on any atom is 0.260 e. The van der Waals surface area contributed by atoms with Crippen molar-refractivity contribution in [1.29, 1.82) is 0 Å². The van der Waals surface area contributed by atoms with Gasteiger partial charge in [-0.05, 0) is 30.3 Å². The minimum absolute atomic E-state index is 0.216. The number of para-hydroxylation sites is 1. The third kappa shape index (κ3) is 2.57. The topological polar surface area (TPSA) is 72.8 Å². The van der Waals surface area contributed by atoms with Gasteiger partial charge in [-0.1, -0.05) is 18.2 Å². The van der Waals surface area contributed by atoms with Crippen molar-refractivity contribution in [2.45, 2.75) is 0 Å². The van der Waals surface area contributed by atoms with E-state index in [9.17, 15) is 4.79 Å². The molecule has 0 saturated carbocycles. The molecule has 0 spiro atoms. The van der Waals surface area contributed by atoms with E-state index >= 15 is 0 Å². The number of nitrogens with one attached hydrogen (secondary N) is 1. The van der Waals surface area contributed by atoms with Gasteiger partial charge in [0.25, 0.3) is 5.56 Å². The van der Waals surface area contributed by atoms with E-state index in [0.717, 1.165) is 5.75 Å². The lowest BCUT2D eigenvalue weighted by Crippen LogP contribution is -2.13. The number of hydrogen-bond acceptors (Lipinski definition) is 4. The van der Waals surface area contributed by atoms with Crippen LogP contribution in [0.5, 0.6) is 11.5 Å². The third-order valence-electron chi connectivity index (χ3n) is 3.37. The highest BCUT2D eigenvalue weighted by Gasteiger charge is 2.07. The van der Waals surface area contributed by atoms with Crippen LogP contribution in [-0.2, 0) is 0 Å². The van der Waals surface area contributed by atoms with Crippen LogP contribution in [0.25, 0.3) is 16.9 Å². The van der Waals surface area contributed by atoms with Crippen molar-refractivity contribution in [1.82, 2.24) is 19.7 Å². The monoisotopic (exact) mass is 304 g/mol. The van der Waals surface area contributed by atoms with Crippen molar-refractivity contribution in [3.05, 3.63) is 77.3 Å². The maximum atomic E-state index is 12.2. The number of hydrogen-bond donors (Lipinski definition) is 1. The molecule has 2 heterocycles. The van der Waals surface area contributed by atoms with Crippen LogP contribution in [0.3, 0.4) is 0 Å². The zero-order valence-electron chi connectivity index (χ0n) is 12.0. The van der Waals surface area contributed by atoms with Crippen LogP contribution < -0.4 is 10.3 Å². The lowest BCUT2D eigenvalue weighted by molar-refractivity contribution is 0.483. The number of benzene rings is 2. The van der Waals surface area contributed by atoms with Crippen LogP contribution in [0.15, 0.2) is 71.8 Å². The lowest BCUT2D eigenvalue weighted by Gasteiger charge is -2.07. The van der Waals surface area contributed by atoms with E-state index in [1.807, 2.05) is 30.3 Å². The molecule has 0 aliphatic heterocycles. The summed E-state index contributed by atoms with van der Waals surface area (Å²) in [5.74, 6) is 1.71. The van der Waals surface area contributed by atoms with Crippen LogP contribution in [-0.4, -0.2) is 19.7 Å². The smallest absolute Gasteiger partial charge is 0.260 e. The van der Waals surface area contributed by atoms with E-state index in [-0.39, 0.29) is 5.56 Å². The van der Waals surface area contributed by atoms with Gasteiger partial charge in [0.2, 0.25) is 5.95 Å². The Bertz CT molecular complexity index is 1010. The number of aromatic nitrogens is 4. The molecule has 0 aliphatic carbocycles. The first-order chi connectivity index (χ1) is 11.3. The molecular weight excluding hydrogens is 292 g/mol. The Kier molecular flexibility index (Phi) is 3.12. The first kappa shape index (κ1) is 13.3. The van der Waals surface area contributed by atoms with Gasteiger partial charge in [-0.3, -0.25) is 9.78 Å². The van der Waals surface area contributed by atoms with Gasteiger partial charge in [0, 0.05) is 18.5 Å². The van der Waals surface area contributed by atoms with Gasteiger partial charge in [0.05, 0.1) is 10.9 Å². The van der Waals surface area contributed by atoms with E-state index in [2.05, 4.69) is 15.1 Å². The molecule has 6 nitrogen and oxygen atoms in total. The number of aromatic amines is 1. The molecule has 0 radical (unpaired) electrons. The molecular formula is C17H12N4O2. The fourth-order valence-electron chi connectivity index (χ4n) is 2.30. The second-order valence-electron chi connectivity index (χ2n) is 4.93. The molecule has 0 aliphatic rings. The van der Waals surface area contributed by atoms with E-state index in [1.54, 1.807) is 36.7 Å². The average molecular weight is 304 g/mol. The van der Waals surface area contributed by atoms with E-state index in [1.165, 1.54) is 4.68 Å². The minimum Gasteiger partial charge on any atom is -0.457 e. The second-order valence-corrected chi connectivity index (χ2v) is 4.93. The van der Waals surface area contributed by atoms with Crippen molar-refractivity contribution >= 4 is 10.9 Å². The van der Waals surface area contributed by atoms with Crippen LogP contribution >= 0.6 is 0 Å². The Morgan fingerprint density at radius 1 is 1.00 bits per heavy atom. The van der Waals surface area contributed by atoms with Crippen LogP contribution in [0.4, 0.5) is 0 Å². The summed E-state index contributed by atoms with van der Waals surface area (Å²) in [5, 5.41) is 4.58. The molecule has 0 atom stereocenters. The fourth-order valence-corrected chi connectivity index (χ4v) is 2.30. The van der Waals surface area contributed by atoms with Gasteiger partial charge in [-0.25, -0.2) is 9.67 Å². The first-order valence-corrected chi connectivity index (χ1v) is 7.06. The molecule has 2 aromatic carbocycles. The number of ether oxygens (including phenoxy) is 1. The number of rotatable bonds is 3. The second kappa shape index (κ2) is 5.42. The SMILES string of the molecule is O=c1[nH]c(-n2cccn2)nc2cc(Oc3ccccc3)ccc12. The summed E-state index contributed by atoms with van der Waals surface area (Å²) in [5.41, 5.74) is 0.333.